The molecule has 0 bridgehead atoms. The summed E-state index contributed by atoms with van der Waals surface area (Å²) < 4.78 is 5.41. The number of benzene rings is 1. The topological polar surface area (TPSA) is 55.0 Å². The molecule has 19 heavy (non-hydrogen) atoms. The molecular formula is C13H12BrClN2O2. The molecule has 0 radical (unpaired) electrons. The van der Waals surface area contributed by atoms with E-state index in [1.165, 1.54) is 0 Å². The fraction of sp³-hybridized carbons (Fsp3) is 0.231. The molecule has 0 aliphatic carbocycles. The van der Waals surface area contributed by atoms with Crippen molar-refractivity contribution in [1.29, 1.82) is 0 Å². The Morgan fingerprint density at radius 1 is 1.47 bits per heavy atom. The molecule has 2 aromatic rings. The first kappa shape index (κ1) is 14.2. The van der Waals surface area contributed by atoms with E-state index in [9.17, 15) is 4.79 Å². The Balaban J connectivity index is 2.56. The number of halogens is 2. The number of rotatable bonds is 3. The zero-order valence-electron chi connectivity index (χ0n) is 10.5. The van der Waals surface area contributed by atoms with Crippen molar-refractivity contribution in [3.63, 3.8) is 0 Å². The van der Waals surface area contributed by atoms with Gasteiger partial charge in [0.25, 0.3) is 5.56 Å². The summed E-state index contributed by atoms with van der Waals surface area (Å²) in [6, 6.07) is 5.53. The maximum absolute atomic E-state index is 11.8. The van der Waals surface area contributed by atoms with Crippen LogP contribution in [0.4, 0.5) is 0 Å². The first-order valence-electron chi connectivity index (χ1n) is 5.57. The van der Waals surface area contributed by atoms with Crippen LogP contribution in [-0.4, -0.2) is 17.1 Å². The van der Waals surface area contributed by atoms with Crippen LogP contribution in [0.15, 0.2) is 27.5 Å². The minimum atomic E-state index is -0.242. The van der Waals surface area contributed by atoms with Gasteiger partial charge in [-0.15, -0.1) is 0 Å². The highest BCUT2D eigenvalue weighted by Gasteiger charge is 2.10. The summed E-state index contributed by atoms with van der Waals surface area (Å²) in [7, 11) is 1.55. The fourth-order valence-corrected chi connectivity index (χ4v) is 2.10. The highest BCUT2D eigenvalue weighted by Crippen LogP contribution is 2.23. The summed E-state index contributed by atoms with van der Waals surface area (Å²) >= 11 is 9.28. The third-order valence-corrected chi connectivity index (χ3v) is 3.88. The zero-order valence-corrected chi connectivity index (χ0v) is 12.8. The molecule has 0 spiro atoms. The van der Waals surface area contributed by atoms with Crippen molar-refractivity contribution in [3.05, 3.63) is 49.3 Å². The Bertz CT molecular complexity index is 670. The molecular weight excluding hydrogens is 332 g/mol. The van der Waals surface area contributed by atoms with E-state index in [1.54, 1.807) is 13.2 Å². The first-order chi connectivity index (χ1) is 9.02. The molecule has 1 heterocycles. The van der Waals surface area contributed by atoms with E-state index >= 15 is 0 Å². The van der Waals surface area contributed by atoms with Crippen LogP contribution < -0.4 is 5.56 Å². The lowest BCUT2D eigenvalue weighted by atomic mass is 10.1. The van der Waals surface area contributed by atoms with Gasteiger partial charge in [0.15, 0.2) is 0 Å². The second kappa shape index (κ2) is 5.86. The Kier molecular flexibility index (Phi) is 4.39. The molecule has 0 saturated heterocycles. The highest BCUT2D eigenvalue weighted by molar-refractivity contribution is 9.10. The van der Waals surface area contributed by atoms with E-state index < -0.39 is 0 Å². The number of nitrogens with one attached hydrogen (secondary N) is 1. The second-order valence-electron chi connectivity index (χ2n) is 4.07. The van der Waals surface area contributed by atoms with Crippen LogP contribution in [0.3, 0.4) is 0 Å². The lowest BCUT2D eigenvalue weighted by Crippen LogP contribution is -2.14. The summed E-state index contributed by atoms with van der Waals surface area (Å²) in [5, 5.41) is 0.636. The van der Waals surface area contributed by atoms with E-state index in [0.29, 0.717) is 21.0 Å². The lowest BCUT2D eigenvalue weighted by molar-refractivity contribution is 0.180. The summed E-state index contributed by atoms with van der Waals surface area (Å²) in [5.74, 6) is 0.474. The number of ether oxygens (including phenoxy) is 1. The number of hydrogen-bond donors (Lipinski definition) is 1. The molecule has 1 aromatic heterocycles. The van der Waals surface area contributed by atoms with E-state index in [0.717, 1.165) is 11.1 Å². The minimum absolute atomic E-state index is 0.242. The Morgan fingerprint density at radius 2 is 2.21 bits per heavy atom. The van der Waals surface area contributed by atoms with Gasteiger partial charge in [-0.05, 0) is 34.5 Å². The quantitative estimate of drug-likeness (QED) is 0.930. The Hall–Kier alpha value is -1.17. The Labute approximate surface area is 123 Å². The smallest absolute Gasteiger partial charge is 0.265 e. The fourth-order valence-electron chi connectivity index (χ4n) is 1.61. The van der Waals surface area contributed by atoms with Gasteiger partial charge in [-0.2, -0.15) is 0 Å². The van der Waals surface area contributed by atoms with Crippen LogP contribution in [0.2, 0.25) is 5.02 Å². The van der Waals surface area contributed by atoms with Gasteiger partial charge in [0.2, 0.25) is 0 Å². The van der Waals surface area contributed by atoms with Crippen molar-refractivity contribution >= 4 is 27.5 Å². The van der Waals surface area contributed by atoms with Crippen molar-refractivity contribution in [1.82, 2.24) is 9.97 Å². The lowest BCUT2D eigenvalue weighted by Gasteiger charge is -2.07. The van der Waals surface area contributed by atoms with Crippen molar-refractivity contribution in [2.24, 2.45) is 0 Å². The molecule has 2 rings (SSSR count). The van der Waals surface area contributed by atoms with Gasteiger partial charge < -0.3 is 9.72 Å². The molecule has 0 aliphatic heterocycles. The SMILES string of the molecule is COCc1nc(-c2ccc(C)c(Cl)c2)[nH]c(=O)c1Br. The normalized spacial score (nSPS) is 10.7. The van der Waals surface area contributed by atoms with Crippen molar-refractivity contribution in [2.45, 2.75) is 13.5 Å². The van der Waals surface area contributed by atoms with Crippen molar-refractivity contribution in [2.75, 3.05) is 7.11 Å². The minimum Gasteiger partial charge on any atom is -0.378 e. The van der Waals surface area contributed by atoms with E-state index in [1.807, 2.05) is 19.1 Å². The highest BCUT2D eigenvalue weighted by atomic mass is 79.9. The molecule has 0 fully saturated rings. The van der Waals surface area contributed by atoms with Crippen molar-refractivity contribution in [3.8, 4) is 11.4 Å². The summed E-state index contributed by atoms with van der Waals surface area (Å²) in [4.78, 5) is 18.9. The molecule has 6 heteroatoms. The summed E-state index contributed by atoms with van der Waals surface area (Å²) in [6.07, 6.45) is 0. The second-order valence-corrected chi connectivity index (χ2v) is 5.27. The molecule has 0 aliphatic rings. The summed E-state index contributed by atoms with van der Waals surface area (Å²) in [5.41, 5.74) is 2.05. The number of methoxy groups -OCH3 is 1. The molecule has 0 saturated carbocycles. The van der Waals surface area contributed by atoms with E-state index in [4.69, 9.17) is 16.3 Å². The van der Waals surface area contributed by atoms with Crippen LogP contribution in [0.5, 0.6) is 0 Å². The number of H-pyrrole nitrogens is 1. The predicted molar refractivity (Wildman–Crippen MR) is 78.5 cm³/mol. The molecule has 4 nitrogen and oxygen atoms in total. The van der Waals surface area contributed by atoms with Gasteiger partial charge in [-0.3, -0.25) is 4.79 Å². The number of aromatic amines is 1. The maximum Gasteiger partial charge on any atom is 0.265 e. The van der Waals surface area contributed by atoms with Crippen LogP contribution >= 0.6 is 27.5 Å². The molecule has 0 atom stereocenters. The largest absolute Gasteiger partial charge is 0.378 e. The Morgan fingerprint density at radius 3 is 2.84 bits per heavy atom. The van der Waals surface area contributed by atoms with Crippen LogP contribution in [-0.2, 0) is 11.3 Å². The average molecular weight is 344 g/mol. The molecule has 1 aromatic carbocycles. The standard InChI is InChI=1S/C13H12BrClN2O2/c1-7-3-4-8(5-9(7)15)12-16-10(6-19-2)11(14)13(18)17-12/h3-5H,6H2,1-2H3,(H,16,17,18). The number of aryl methyl sites for hydroxylation is 1. The molecule has 0 unspecified atom stereocenters. The monoisotopic (exact) mass is 342 g/mol. The van der Waals surface area contributed by atoms with Gasteiger partial charge in [-0.25, -0.2) is 4.98 Å². The van der Waals surface area contributed by atoms with E-state index in [2.05, 4.69) is 25.9 Å². The van der Waals surface area contributed by atoms with Gasteiger partial charge in [0, 0.05) is 17.7 Å². The third-order valence-electron chi connectivity index (χ3n) is 2.66. The van der Waals surface area contributed by atoms with Gasteiger partial charge >= 0.3 is 0 Å². The zero-order chi connectivity index (χ0) is 14.0. The van der Waals surface area contributed by atoms with Gasteiger partial charge in [-0.1, -0.05) is 23.7 Å². The first-order valence-corrected chi connectivity index (χ1v) is 6.74. The van der Waals surface area contributed by atoms with Gasteiger partial charge in [0.05, 0.1) is 12.3 Å². The van der Waals surface area contributed by atoms with Crippen LogP contribution in [0, 0.1) is 6.92 Å². The summed E-state index contributed by atoms with van der Waals surface area (Å²) in [6.45, 7) is 2.18. The van der Waals surface area contributed by atoms with Gasteiger partial charge in [0.1, 0.15) is 10.3 Å². The molecule has 1 N–H and O–H groups in total. The predicted octanol–water partition coefficient (Wildman–Crippen LogP) is 3.31. The average Bonchev–Trinajstić information content (AvgIpc) is 2.38. The van der Waals surface area contributed by atoms with Crippen LogP contribution in [0.25, 0.3) is 11.4 Å². The number of hydrogen-bond acceptors (Lipinski definition) is 3. The molecule has 100 valence electrons. The number of nitrogens with zero attached hydrogens (tertiary/aromatic N) is 1. The number of aromatic nitrogens is 2. The van der Waals surface area contributed by atoms with Crippen LogP contribution in [0.1, 0.15) is 11.3 Å². The molecule has 0 amide bonds. The van der Waals surface area contributed by atoms with Crippen molar-refractivity contribution < 1.29 is 4.74 Å². The van der Waals surface area contributed by atoms with E-state index in [-0.39, 0.29) is 12.2 Å². The third kappa shape index (κ3) is 3.05. The maximum atomic E-state index is 11.8.